The van der Waals surface area contributed by atoms with Crippen LogP contribution in [0.4, 0.5) is 13.2 Å². The lowest BCUT2D eigenvalue weighted by atomic mass is 10.1. The minimum absolute atomic E-state index is 0.00107. The summed E-state index contributed by atoms with van der Waals surface area (Å²) in [5, 5.41) is 11.2. The van der Waals surface area contributed by atoms with Crippen molar-refractivity contribution < 1.29 is 26.7 Å². The molecule has 168 valence electrons. The summed E-state index contributed by atoms with van der Waals surface area (Å²) in [6.07, 6.45) is -3.12. The molecule has 2 aromatic carbocycles. The molecule has 0 radical (unpaired) electrons. The van der Waals surface area contributed by atoms with Crippen molar-refractivity contribution in [3.63, 3.8) is 0 Å². The average molecular weight is 485 g/mol. The zero-order chi connectivity index (χ0) is 23.3. The number of nitrogens with zero attached hydrogens (tertiary/aromatic N) is 2. The smallest absolute Gasteiger partial charge is 0.416 e. The minimum atomic E-state index is -4.69. The molecular weight excluding hydrogens is 469 g/mol. The summed E-state index contributed by atoms with van der Waals surface area (Å²) in [6, 6.07) is 8.16. The van der Waals surface area contributed by atoms with Crippen molar-refractivity contribution in [1.29, 1.82) is 0 Å². The first kappa shape index (κ1) is 22.3. The Hall–Kier alpha value is -2.85. The highest BCUT2D eigenvalue weighted by Crippen LogP contribution is 2.35. The molecule has 4 rings (SSSR count). The molecule has 1 fully saturated rings. The summed E-state index contributed by atoms with van der Waals surface area (Å²) in [7, 11) is -3.19. The van der Waals surface area contributed by atoms with Crippen molar-refractivity contribution in [3.8, 4) is 11.6 Å². The van der Waals surface area contributed by atoms with Crippen molar-refractivity contribution in [2.24, 2.45) is 4.99 Å². The molecule has 11 heteroatoms. The van der Waals surface area contributed by atoms with Gasteiger partial charge in [0.2, 0.25) is 5.88 Å². The Morgan fingerprint density at radius 1 is 1.16 bits per heavy atom. The number of benzene rings is 2. The first-order valence-corrected chi connectivity index (χ1v) is 11.7. The number of hydrogen-bond donors (Lipinski definition) is 1. The molecule has 2 heterocycles. The molecule has 1 N–H and O–H groups in total. The molecule has 1 saturated heterocycles. The van der Waals surface area contributed by atoms with Crippen LogP contribution in [0.1, 0.15) is 17.5 Å². The van der Waals surface area contributed by atoms with Gasteiger partial charge in [0.1, 0.15) is 0 Å². The molecule has 0 unspecified atom stereocenters. The number of pyridine rings is 1. The number of fused-ring (bicyclic) bond motifs is 1. The Bertz CT molecular complexity index is 1420. The minimum Gasteiger partial charge on any atom is -0.494 e. The van der Waals surface area contributed by atoms with Crippen LogP contribution in [0.3, 0.4) is 0 Å². The van der Waals surface area contributed by atoms with Crippen LogP contribution >= 0.6 is 11.6 Å². The second-order valence-electron chi connectivity index (χ2n) is 7.42. The number of rotatable bonds is 3. The fraction of sp³-hybridized carbons (Fsp3) is 0.238. The fourth-order valence-corrected chi connectivity index (χ4v) is 5.48. The quantitative estimate of drug-likeness (QED) is 0.570. The summed E-state index contributed by atoms with van der Waals surface area (Å²) in [6.45, 7) is 0. The molecule has 1 aliphatic rings. The van der Waals surface area contributed by atoms with Gasteiger partial charge in [-0.1, -0.05) is 29.8 Å². The predicted molar refractivity (Wildman–Crippen MR) is 116 cm³/mol. The lowest BCUT2D eigenvalue weighted by Crippen LogP contribution is -2.21. The molecule has 0 spiro atoms. The van der Waals surface area contributed by atoms with Crippen LogP contribution in [0, 0.1) is 0 Å². The molecule has 3 aromatic rings. The molecular formula is C21H16ClF3N2O4S. The van der Waals surface area contributed by atoms with Gasteiger partial charge in [0.15, 0.2) is 9.84 Å². The van der Waals surface area contributed by atoms with E-state index in [4.69, 9.17) is 11.6 Å². The maximum Gasteiger partial charge on any atom is 0.416 e. The molecule has 1 aromatic heterocycles. The van der Waals surface area contributed by atoms with Crippen molar-refractivity contribution >= 4 is 38.4 Å². The SMILES string of the molecule is O=c1c2ccccc2c(C=N[C@H]2CCS(=O)(=O)C2)c(O)n1-c1cc(C(F)(F)F)ccc1Cl. The van der Waals surface area contributed by atoms with Gasteiger partial charge in [0.25, 0.3) is 5.56 Å². The molecule has 0 aliphatic carbocycles. The van der Waals surface area contributed by atoms with E-state index < -0.39 is 39.1 Å². The third-order valence-corrected chi connectivity index (χ3v) is 7.31. The van der Waals surface area contributed by atoms with Crippen LogP contribution in [0.5, 0.6) is 5.88 Å². The van der Waals surface area contributed by atoms with Crippen molar-refractivity contribution in [1.82, 2.24) is 4.57 Å². The van der Waals surface area contributed by atoms with Gasteiger partial charge in [0, 0.05) is 17.0 Å². The van der Waals surface area contributed by atoms with Gasteiger partial charge >= 0.3 is 6.18 Å². The van der Waals surface area contributed by atoms with Gasteiger partial charge in [0.05, 0.1) is 39.4 Å². The predicted octanol–water partition coefficient (Wildman–Crippen LogP) is 3.97. The number of halogens is 4. The molecule has 1 aliphatic heterocycles. The van der Waals surface area contributed by atoms with E-state index in [-0.39, 0.29) is 33.2 Å². The van der Waals surface area contributed by atoms with Crippen LogP contribution in [-0.2, 0) is 16.0 Å². The largest absolute Gasteiger partial charge is 0.494 e. The van der Waals surface area contributed by atoms with Crippen LogP contribution < -0.4 is 5.56 Å². The maximum absolute atomic E-state index is 13.2. The zero-order valence-electron chi connectivity index (χ0n) is 16.3. The lowest BCUT2D eigenvalue weighted by molar-refractivity contribution is -0.137. The van der Waals surface area contributed by atoms with Gasteiger partial charge in [-0.05, 0) is 30.7 Å². The van der Waals surface area contributed by atoms with Crippen LogP contribution in [-0.4, -0.2) is 41.9 Å². The van der Waals surface area contributed by atoms with Gasteiger partial charge < -0.3 is 5.11 Å². The zero-order valence-corrected chi connectivity index (χ0v) is 17.9. The first-order valence-electron chi connectivity index (χ1n) is 9.45. The summed E-state index contributed by atoms with van der Waals surface area (Å²) in [4.78, 5) is 17.4. The van der Waals surface area contributed by atoms with Crippen molar-refractivity contribution in [3.05, 3.63) is 69.0 Å². The number of aliphatic imine (C=N–C) groups is 1. The summed E-state index contributed by atoms with van der Waals surface area (Å²) in [5.74, 6) is -0.790. The summed E-state index contributed by atoms with van der Waals surface area (Å²) < 4.78 is 63.8. The molecule has 0 bridgehead atoms. The number of sulfone groups is 1. The fourth-order valence-electron chi connectivity index (χ4n) is 3.65. The Balaban J connectivity index is 1.95. The van der Waals surface area contributed by atoms with Crippen LogP contribution in [0.25, 0.3) is 16.5 Å². The van der Waals surface area contributed by atoms with Gasteiger partial charge in [-0.3, -0.25) is 9.79 Å². The maximum atomic E-state index is 13.2. The van der Waals surface area contributed by atoms with Gasteiger partial charge in [-0.15, -0.1) is 0 Å². The Morgan fingerprint density at radius 3 is 2.47 bits per heavy atom. The Morgan fingerprint density at radius 2 is 1.84 bits per heavy atom. The lowest BCUT2D eigenvalue weighted by Gasteiger charge is -2.16. The molecule has 6 nitrogen and oxygen atoms in total. The van der Waals surface area contributed by atoms with Gasteiger partial charge in [-0.25, -0.2) is 13.0 Å². The monoisotopic (exact) mass is 484 g/mol. The van der Waals surface area contributed by atoms with Gasteiger partial charge in [-0.2, -0.15) is 13.2 Å². The highest BCUT2D eigenvalue weighted by Gasteiger charge is 2.32. The molecule has 0 saturated carbocycles. The summed E-state index contributed by atoms with van der Waals surface area (Å²) in [5.41, 5.74) is -2.08. The van der Waals surface area contributed by atoms with E-state index in [0.717, 1.165) is 12.1 Å². The second-order valence-corrected chi connectivity index (χ2v) is 10.1. The van der Waals surface area contributed by atoms with E-state index in [2.05, 4.69) is 4.99 Å². The van der Waals surface area contributed by atoms with E-state index in [1.54, 1.807) is 18.2 Å². The van der Waals surface area contributed by atoms with E-state index in [1.165, 1.54) is 12.3 Å². The van der Waals surface area contributed by atoms with E-state index >= 15 is 0 Å². The standard InChI is InChI=1S/C21H16ClF3N2O4S/c22-17-6-5-12(21(23,24)25)9-18(17)27-19(28)15-4-2-1-3-14(15)16(20(27)29)10-26-13-7-8-32(30,31)11-13/h1-6,9-10,13,29H,7-8,11H2/t13-/m0/s1. The topological polar surface area (TPSA) is 88.7 Å². The number of hydrogen-bond acceptors (Lipinski definition) is 5. The first-order chi connectivity index (χ1) is 15.0. The van der Waals surface area contributed by atoms with E-state index in [9.17, 15) is 31.5 Å². The normalized spacial score (nSPS) is 18.6. The Kier molecular flexibility index (Phi) is 5.54. The second kappa shape index (κ2) is 7.93. The summed E-state index contributed by atoms with van der Waals surface area (Å²) >= 11 is 6.10. The molecule has 0 amide bonds. The van der Waals surface area contributed by atoms with Crippen molar-refractivity contribution in [2.75, 3.05) is 11.5 Å². The van der Waals surface area contributed by atoms with Crippen LogP contribution in [0.2, 0.25) is 5.02 Å². The van der Waals surface area contributed by atoms with E-state index in [0.29, 0.717) is 22.4 Å². The van der Waals surface area contributed by atoms with Crippen molar-refractivity contribution in [2.45, 2.75) is 18.6 Å². The highest BCUT2D eigenvalue weighted by molar-refractivity contribution is 7.91. The molecule has 1 atom stereocenters. The number of aromatic nitrogens is 1. The highest BCUT2D eigenvalue weighted by atomic mass is 35.5. The average Bonchev–Trinajstić information content (AvgIpc) is 3.07. The number of aromatic hydroxyl groups is 1. The third kappa shape index (κ3) is 4.12. The van der Waals surface area contributed by atoms with Crippen LogP contribution in [0.15, 0.2) is 52.3 Å². The third-order valence-electron chi connectivity index (χ3n) is 5.24. The molecule has 32 heavy (non-hydrogen) atoms. The van der Waals surface area contributed by atoms with E-state index in [1.807, 2.05) is 0 Å². The number of alkyl halides is 3. The Labute approximate surface area is 185 Å².